The van der Waals surface area contributed by atoms with Gasteiger partial charge in [0.25, 0.3) is 0 Å². The summed E-state index contributed by atoms with van der Waals surface area (Å²) in [5, 5.41) is 14.1. The fourth-order valence-electron chi connectivity index (χ4n) is 1.64. The number of hydrogen-bond donors (Lipinski definition) is 2. The molecule has 2 N–H and O–H groups in total. The quantitative estimate of drug-likeness (QED) is 0.831. The monoisotopic (exact) mass is 262 g/mol. The third-order valence-corrected chi connectivity index (χ3v) is 2.59. The van der Waals surface area contributed by atoms with E-state index in [0.717, 1.165) is 23.5 Å². The second kappa shape index (κ2) is 6.19. The van der Waals surface area contributed by atoms with E-state index in [4.69, 9.17) is 9.15 Å². The highest BCUT2D eigenvalue weighted by atomic mass is 16.5. The molecule has 0 aliphatic heterocycles. The number of benzene rings is 1. The van der Waals surface area contributed by atoms with Crippen molar-refractivity contribution in [1.29, 1.82) is 0 Å². The van der Waals surface area contributed by atoms with Crippen LogP contribution in [0.25, 0.3) is 0 Å². The molecule has 0 saturated carbocycles. The van der Waals surface area contributed by atoms with E-state index in [2.05, 4.69) is 20.8 Å². The molecule has 0 bridgehead atoms. The molecule has 0 unspecified atom stereocenters. The first-order chi connectivity index (χ1) is 9.22. The Kier molecular flexibility index (Phi) is 4.35. The first-order valence-electron chi connectivity index (χ1n) is 6.17. The maximum atomic E-state index is 5.48. The Bertz CT molecular complexity index is 539. The van der Waals surface area contributed by atoms with Crippen molar-refractivity contribution in [2.75, 3.05) is 19.0 Å². The highest BCUT2D eigenvalue weighted by Gasteiger charge is 2.09. The fraction of sp³-hybridized carbons (Fsp3) is 0.385. The second-order valence-electron chi connectivity index (χ2n) is 4.11. The highest BCUT2D eigenvalue weighted by Crippen LogP contribution is 2.27. The summed E-state index contributed by atoms with van der Waals surface area (Å²) >= 11 is 0. The lowest BCUT2D eigenvalue weighted by atomic mass is 10.2. The summed E-state index contributed by atoms with van der Waals surface area (Å²) in [6, 6.07) is 6.20. The van der Waals surface area contributed by atoms with Gasteiger partial charge in [-0.15, -0.1) is 5.10 Å². The van der Waals surface area contributed by atoms with E-state index >= 15 is 0 Å². The molecule has 0 radical (unpaired) electrons. The normalized spacial score (nSPS) is 10.5. The SMILES string of the molecule is CCNCc1nnc(Nc2cc(C)ccc2OC)o1. The van der Waals surface area contributed by atoms with E-state index < -0.39 is 0 Å². The average molecular weight is 262 g/mol. The van der Waals surface area contributed by atoms with Crippen LogP contribution in [-0.4, -0.2) is 23.9 Å². The number of nitrogens with zero attached hydrogens (tertiary/aromatic N) is 2. The van der Waals surface area contributed by atoms with Crippen molar-refractivity contribution in [1.82, 2.24) is 15.5 Å². The molecule has 6 nitrogen and oxygen atoms in total. The van der Waals surface area contributed by atoms with Crippen LogP contribution in [0.1, 0.15) is 18.4 Å². The van der Waals surface area contributed by atoms with Gasteiger partial charge in [-0.25, -0.2) is 0 Å². The predicted octanol–water partition coefficient (Wildman–Crippen LogP) is 2.24. The molecule has 0 aliphatic rings. The topological polar surface area (TPSA) is 72.2 Å². The number of ether oxygens (including phenoxy) is 1. The van der Waals surface area contributed by atoms with Gasteiger partial charge in [0.1, 0.15) is 5.75 Å². The summed E-state index contributed by atoms with van der Waals surface area (Å²) in [4.78, 5) is 0. The van der Waals surface area contributed by atoms with Crippen molar-refractivity contribution < 1.29 is 9.15 Å². The van der Waals surface area contributed by atoms with Crippen LogP contribution in [-0.2, 0) is 6.54 Å². The van der Waals surface area contributed by atoms with Crippen LogP contribution in [0.3, 0.4) is 0 Å². The van der Waals surface area contributed by atoms with Crippen molar-refractivity contribution in [3.63, 3.8) is 0 Å². The van der Waals surface area contributed by atoms with Crippen molar-refractivity contribution >= 4 is 11.7 Å². The van der Waals surface area contributed by atoms with Gasteiger partial charge in [0.2, 0.25) is 5.89 Å². The van der Waals surface area contributed by atoms with Gasteiger partial charge >= 0.3 is 6.01 Å². The standard InChI is InChI=1S/C13H18N4O2/c1-4-14-8-12-16-17-13(19-12)15-10-7-9(2)5-6-11(10)18-3/h5-7,14H,4,8H2,1-3H3,(H,15,17). The molecule has 1 aromatic carbocycles. The molecule has 1 heterocycles. The lowest BCUT2D eigenvalue weighted by Crippen LogP contribution is -2.11. The fourth-order valence-corrected chi connectivity index (χ4v) is 1.64. The Hall–Kier alpha value is -2.08. The zero-order valence-electron chi connectivity index (χ0n) is 11.4. The summed E-state index contributed by atoms with van der Waals surface area (Å²) in [6.45, 7) is 5.45. The minimum absolute atomic E-state index is 0.358. The number of aryl methyl sites for hydroxylation is 1. The molecule has 2 rings (SSSR count). The lowest BCUT2D eigenvalue weighted by molar-refractivity contribution is 0.416. The molecule has 0 fully saturated rings. The van der Waals surface area contributed by atoms with E-state index in [1.54, 1.807) is 7.11 Å². The van der Waals surface area contributed by atoms with Gasteiger partial charge in [-0.3, -0.25) is 0 Å². The van der Waals surface area contributed by atoms with Gasteiger partial charge in [-0.05, 0) is 31.2 Å². The predicted molar refractivity (Wildman–Crippen MR) is 72.7 cm³/mol. The van der Waals surface area contributed by atoms with Crippen LogP contribution in [0.2, 0.25) is 0 Å². The van der Waals surface area contributed by atoms with Crippen molar-refractivity contribution in [2.24, 2.45) is 0 Å². The Labute approximate surface area is 112 Å². The van der Waals surface area contributed by atoms with Gasteiger partial charge in [0.05, 0.1) is 19.3 Å². The Morgan fingerprint density at radius 3 is 2.89 bits per heavy atom. The highest BCUT2D eigenvalue weighted by molar-refractivity contribution is 5.62. The van der Waals surface area contributed by atoms with E-state index in [-0.39, 0.29) is 0 Å². The van der Waals surface area contributed by atoms with E-state index in [1.807, 2.05) is 32.0 Å². The molecule has 102 valence electrons. The van der Waals surface area contributed by atoms with Gasteiger partial charge in [-0.1, -0.05) is 18.1 Å². The number of anilines is 2. The summed E-state index contributed by atoms with van der Waals surface area (Å²) in [6.07, 6.45) is 0. The molecule has 6 heteroatoms. The molecule has 0 atom stereocenters. The van der Waals surface area contributed by atoms with Crippen LogP contribution in [0.15, 0.2) is 22.6 Å². The van der Waals surface area contributed by atoms with Crippen LogP contribution < -0.4 is 15.4 Å². The number of methoxy groups -OCH3 is 1. The molecule has 0 amide bonds. The Morgan fingerprint density at radius 2 is 2.16 bits per heavy atom. The van der Waals surface area contributed by atoms with Gasteiger partial charge in [0.15, 0.2) is 0 Å². The van der Waals surface area contributed by atoms with Gasteiger partial charge in [-0.2, -0.15) is 0 Å². The van der Waals surface area contributed by atoms with Crippen molar-refractivity contribution in [3.8, 4) is 5.75 Å². The van der Waals surface area contributed by atoms with E-state index in [0.29, 0.717) is 18.5 Å². The second-order valence-corrected chi connectivity index (χ2v) is 4.11. The van der Waals surface area contributed by atoms with Crippen molar-refractivity contribution in [3.05, 3.63) is 29.7 Å². The summed E-state index contributed by atoms with van der Waals surface area (Å²) in [5.74, 6) is 1.29. The Balaban J connectivity index is 2.12. The third-order valence-electron chi connectivity index (χ3n) is 2.59. The van der Waals surface area contributed by atoms with Gasteiger partial charge < -0.3 is 19.8 Å². The van der Waals surface area contributed by atoms with Gasteiger partial charge in [0, 0.05) is 0 Å². The first-order valence-corrected chi connectivity index (χ1v) is 6.17. The molecule has 0 spiro atoms. The number of rotatable bonds is 6. The largest absolute Gasteiger partial charge is 0.495 e. The number of hydrogen-bond acceptors (Lipinski definition) is 6. The smallest absolute Gasteiger partial charge is 0.320 e. The summed E-state index contributed by atoms with van der Waals surface area (Å²) in [7, 11) is 1.63. The van der Waals surface area contributed by atoms with E-state index in [9.17, 15) is 0 Å². The number of aromatic nitrogens is 2. The van der Waals surface area contributed by atoms with Crippen LogP contribution in [0, 0.1) is 6.92 Å². The van der Waals surface area contributed by atoms with Crippen LogP contribution in [0.4, 0.5) is 11.7 Å². The first kappa shape index (κ1) is 13.4. The molecule has 0 saturated heterocycles. The molecular weight excluding hydrogens is 244 g/mol. The molecule has 1 aromatic heterocycles. The van der Waals surface area contributed by atoms with Crippen LogP contribution >= 0.6 is 0 Å². The number of nitrogens with one attached hydrogen (secondary N) is 2. The summed E-state index contributed by atoms with van der Waals surface area (Å²) < 4.78 is 10.8. The van der Waals surface area contributed by atoms with Crippen LogP contribution in [0.5, 0.6) is 5.75 Å². The third kappa shape index (κ3) is 3.45. The summed E-state index contributed by atoms with van der Waals surface area (Å²) in [5.41, 5.74) is 1.93. The molecular formula is C13H18N4O2. The average Bonchev–Trinajstić information content (AvgIpc) is 2.84. The molecule has 19 heavy (non-hydrogen) atoms. The molecule has 2 aromatic rings. The van der Waals surface area contributed by atoms with E-state index in [1.165, 1.54) is 0 Å². The Morgan fingerprint density at radius 1 is 1.32 bits per heavy atom. The minimum Gasteiger partial charge on any atom is -0.495 e. The van der Waals surface area contributed by atoms with Crippen molar-refractivity contribution in [2.45, 2.75) is 20.4 Å². The lowest BCUT2D eigenvalue weighted by Gasteiger charge is -2.08. The minimum atomic E-state index is 0.358. The zero-order valence-corrected chi connectivity index (χ0v) is 11.4. The molecule has 0 aliphatic carbocycles. The maximum absolute atomic E-state index is 5.48. The maximum Gasteiger partial charge on any atom is 0.320 e. The zero-order chi connectivity index (χ0) is 13.7.